The third-order valence-electron chi connectivity index (χ3n) is 5.97. The maximum absolute atomic E-state index is 14.0. The van der Waals surface area contributed by atoms with Crippen LogP contribution in [0.3, 0.4) is 0 Å². The van der Waals surface area contributed by atoms with E-state index in [4.69, 9.17) is 16.3 Å². The molecule has 0 spiro atoms. The van der Waals surface area contributed by atoms with Gasteiger partial charge in [-0.2, -0.15) is 0 Å². The van der Waals surface area contributed by atoms with Crippen LogP contribution in [0.5, 0.6) is 5.75 Å². The summed E-state index contributed by atoms with van der Waals surface area (Å²) >= 11 is 6.28. The number of imidazole rings is 1. The minimum Gasteiger partial charge on any atom is -0.495 e. The number of hydrogen-bond acceptors (Lipinski definition) is 4. The van der Waals surface area contributed by atoms with Crippen LogP contribution in [0.15, 0.2) is 59.9 Å². The fourth-order valence-corrected chi connectivity index (χ4v) is 4.42. The number of ether oxygens (including phenoxy) is 1. The largest absolute Gasteiger partial charge is 0.495 e. The van der Waals surface area contributed by atoms with E-state index in [0.29, 0.717) is 17.9 Å². The lowest BCUT2D eigenvalue weighted by atomic mass is 9.99. The summed E-state index contributed by atoms with van der Waals surface area (Å²) in [5.41, 5.74) is 0.726. The number of carbonyl (C=O) groups excluding carboxylic acids is 1. The Kier molecular flexibility index (Phi) is 7.54. The monoisotopic (exact) mass is 529 g/mol. The van der Waals surface area contributed by atoms with Gasteiger partial charge in [-0.25, -0.2) is 18.2 Å². The second-order valence-electron chi connectivity index (χ2n) is 8.53. The first kappa shape index (κ1) is 26.2. The van der Waals surface area contributed by atoms with Crippen LogP contribution in [-0.4, -0.2) is 27.0 Å². The van der Waals surface area contributed by atoms with E-state index in [2.05, 4.69) is 4.98 Å². The lowest BCUT2D eigenvalue weighted by molar-refractivity contribution is 0.103. The zero-order chi connectivity index (χ0) is 26.9. The van der Waals surface area contributed by atoms with Crippen LogP contribution in [0.25, 0.3) is 5.69 Å². The Labute approximate surface area is 215 Å². The van der Waals surface area contributed by atoms with Gasteiger partial charge in [-0.1, -0.05) is 24.9 Å². The summed E-state index contributed by atoms with van der Waals surface area (Å²) < 4.78 is 49.9. The number of carbonyl (C=O) groups is 1. The highest BCUT2D eigenvalue weighted by Crippen LogP contribution is 2.28. The average molecular weight is 530 g/mol. The van der Waals surface area contributed by atoms with Gasteiger partial charge in [-0.15, -0.1) is 0 Å². The van der Waals surface area contributed by atoms with Crippen molar-refractivity contribution < 1.29 is 22.7 Å². The molecule has 4 aromatic rings. The number of nitrogens with zero attached hydrogens (tertiary/aromatic N) is 3. The molecule has 0 amide bonds. The summed E-state index contributed by atoms with van der Waals surface area (Å²) in [4.78, 5) is 31.1. The van der Waals surface area contributed by atoms with Gasteiger partial charge < -0.3 is 13.9 Å². The molecule has 0 fully saturated rings. The van der Waals surface area contributed by atoms with Crippen molar-refractivity contribution in [1.29, 1.82) is 0 Å². The zero-order valence-corrected chi connectivity index (χ0v) is 21.0. The number of halogens is 4. The van der Waals surface area contributed by atoms with Gasteiger partial charge in [0.15, 0.2) is 23.2 Å². The summed E-state index contributed by atoms with van der Waals surface area (Å²) in [6, 6.07) is 6.77. The lowest BCUT2D eigenvalue weighted by Crippen LogP contribution is -2.30. The zero-order valence-electron chi connectivity index (χ0n) is 20.3. The number of benzene rings is 2. The van der Waals surface area contributed by atoms with Crippen molar-refractivity contribution in [2.45, 2.75) is 32.7 Å². The highest BCUT2D eigenvalue weighted by molar-refractivity contribution is 6.31. The fourth-order valence-electron chi connectivity index (χ4n) is 4.21. The Morgan fingerprint density at radius 1 is 1.11 bits per heavy atom. The Balaban J connectivity index is 1.80. The average Bonchev–Trinajstić information content (AvgIpc) is 3.32. The quantitative estimate of drug-likeness (QED) is 0.206. The summed E-state index contributed by atoms with van der Waals surface area (Å²) in [6.45, 7) is 3.66. The first-order valence-corrected chi connectivity index (χ1v) is 11.8. The van der Waals surface area contributed by atoms with Crippen molar-refractivity contribution >= 4 is 17.4 Å². The van der Waals surface area contributed by atoms with Gasteiger partial charge >= 0.3 is 0 Å². The highest BCUT2D eigenvalue weighted by atomic mass is 35.5. The number of pyridine rings is 1. The van der Waals surface area contributed by atoms with Crippen molar-refractivity contribution in [2.24, 2.45) is 0 Å². The normalized spacial score (nSPS) is 12.0. The molecule has 37 heavy (non-hydrogen) atoms. The number of rotatable bonds is 8. The van der Waals surface area contributed by atoms with Gasteiger partial charge in [0.2, 0.25) is 0 Å². The predicted octanol–water partition coefficient (Wildman–Crippen LogP) is 6.04. The SMILES string of the molecule is CCCC(c1cc(F)c(F)c(F)c1)n1cc(Cl)cc(C(=O)c2ccc(-n3cnc(C)c3)c(OC)c2)c1=O. The first-order chi connectivity index (χ1) is 17.6. The van der Waals surface area contributed by atoms with Gasteiger partial charge in [0.1, 0.15) is 5.75 Å². The maximum atomic E-state index is 14.0. The molecular weight excluding hydrogens is 507 g/mol. The van der Waals surface area contributed by atoms with Crippen LogP contribution >= 0.6 is 11.6 Å². The molecule has 2 aromatic carbocycles. The third kappa shape index (κ3) is 5.17. The van der Waals surface area contributed by atoms with Gasteiger partial charge in [0.25, 0.3) is 5.56 Å². The first-order valence-electron chi connectivity index (χ1n) is 11.4. The van der Waals surface area contributed by atoms with Crippen molar-refractivity contribution in [3.63, 3.8) is 0 Å². The van der Waals surface area contributed by atoms with Crippen molar-refractivity contribution in [2.75, 3.05) is 7.11 Å². The van der Waals surface area contributed by atoms with Crippen molar-refractivity contribution in [1.82, 2.24) is 14.1 Å². The van der Waals surface area contributed by atoms with Crippen LogP contribution in [0.2, 0.25) is 5.02 Å². The standard InChI is InChI=1S/C27H23ClF3N3O3/c1-4-5-22(17-8-20(29)25(31)21(30)9-17)34-13-18(28)11-19(27(34)36)26(35)16-6-7-23(24(10-16)37-3)33-12-15(2)32-14-33/h6-14,22H,4-5H2,1-3H3. The van der Waals surface area contributed by atoms with E-state index in [1.165, 1.54) is 25.4 Å². The molecule has 0 aliphatic rings. The molecule has 0 bridgehead atoms. The van der Waals surface area contributed by atoms with Crippen molar-refractivity contribution in [3.8, 4) is 11.4 Å². The van der Waals surface area contributed by atoms with Crippen LogP contribution in [0.1, 0.15) is 53.0 Å². The molecule has 0 aliphatic carbocycles. The van der Waals surface area contributed by atoms with E-state index in [1.54, 1.807) is 29.2 Å². The maximum Gasteiger partial charge on any atom is 0.262 e. The van der Waals surface area contributed by atoms with Crippen molar-refractivity contribution in [3.05, 3.63) is 110 Å². The summed E-state index contributed by atoms with van der Waals surface area (Å²) in [5, 5.41) is 0.0737. The van der Waals surface area contributed by atoms with Gasteiger partial charge in [0, 0.05) is 18.0 Å². The van der Waals surface area contributed by atoms with Crippen LogP contribution in [0, 0.1) is 24.4 Å². The van der Waals surface area contributed by atoms with Crippen LogP contribution in [-0.2, 0) is 0 Å². The number of aromatic nitrogens is 3. The lowest BCUT2D eigenvalue weighted by Gasteiger charge is -2.21. The Morgan fingerprint density at radius 3 is 2.41 bits per heavy atom. The summed E-state index contributed by atoms with van der Waals surface area (Å²) in [7, 11) is 1.46. The van der Waals surface area contributed by atoms with Crippen LogP contribution < -0.4 is 10.3 Å². The number of methoxy groups -OCH3 is 1. The molecule has 0 saturated carbocycles. The Bertz CT molecular complexity index is 1520. The third-order valence-corrected chi connectivity index (χ3v) is 6.18. The van der Waals surface area contributed by atoms with E-state index in [-0.39, 0.29) is 28.1 Å². The number of ketones is 1. The van der Waals surface area contributed by atoms with Crippen LogP contribution in [0.4, 0.5) is 13.2 Å². The van der Waals surface area contributed by atoms with Gasteiger partial charge in [-0.3, -0.25) is 9.59 Å². The molecule has 0 aliphatic heterocycles. The molecule has 0 radical (unpaired) electrons. The Morgan fingerprint density at radius 2 is 1.81 bits per heavy atom. The molecule has 2 heterocycles. The second-order valence-corrected chi connectivity index (χ2v) is 8.96. The number of aryl methyl sites for hydroxylation is 1. The van der Waals surface area contributed by atoms with Gasteiger partial charge in [-0.05, 0) is 55.3 Å². The van der Waals surface area contributed by atoms with E-state index < -0.39 is 34.8 Å². The number of hydrogen-bond donors (Lipinski definition) is 0. The topological polar surface area (TPSA) is 66.1 Å². The molecule has 192 valence electrons. The van der Waals surface area contributed by atoms with E-state index in [9.17, 15) is 22.8 Å². The smallest absolute Gasteiger partial charge is 0.262 e. The van der Waals surface area contributed by atoms with E-state index in [1.807, 2.05) is 13.8 Å². The highest BCUT2D eigenvalue weighted by Gasteiger charge is 2.24. The van der Waals surface area contributed by atoms with Gasteiger partial charge in [0.05, 0.1) is 41.4 Å². The molecule has 1 atom stereocenters. The Hall–Kier alpha value is -3.85. The molecule has 10 heteroatoms. The molecule has 0 saturated heterocycles. The molecular formula is C27H23ClF3N3O3. The fraction of sp³-hybridized carbons (Fsp3) is 0.222. The van der Waals surface area contributed by atoms with E-state index >= 15 is 0 Å². The minimum absolute atomic E-state index is 0.0441. The summed E-state index contributed by atoms with van der Waals surface area (Å²) in [5.74, 6) is -4.58. The molecule has 0 N–H and O–H groups in total. The molecule has 4 rings (SSSR count). The molecule has 2 aromatic heterocycles. The molecule has 1 unspecified atom stereocenters. The second kappa shape index (κ2) is 10.6. The van der Waals surface area contributed by atoms with E-state index in [0.717, 1.165) is 22.4 Å². The summed E-state index contributed by atoms with van der Waals surface area (Å²) in [6.07, 6.45) is 5.51. The molecule has 6 nitrogen and oxygen atoms in total. The minimum atomic E-state index is -1.60. The predicted molar refractivity (Wildman–Crippen MR) is 133 cm³/mol.